The first-order valence-corrected chi connectivity index (χ1v) is 5.75. The molecule has 0 atom stereocenters. The van der Waals surface area contributed by atoms with E-state index in [1.165, 1.54) is 0 Å². The van der Waals surface area contributed by atoms with Crippen LogP contribution in [0.4, 0.5) is 34.1 Å². The lowest BCUT2D eigenvalue weighted by molar-refractivity contribution is 1.20. The molecule has 0 saturated heterocycles. The average Bonchev–Trinajstić information content (AvgIpc) is 2.32. The third-order valence-electron chi connectivity index (χ3n) is 3.07. The molecule has 100 valence electrons. The van der Waals surface area contributed by atoms with Crippen LogP contribution in [0, 0.1) is 0 Å². The molecule has 2 rings (SSSR count). The topological polar surface area (TPSA) is 156 Å². The Hall–Kier alpha value is -2.76. The van der Waals surface area contributed by atoms with Gasteiger partial charge in [0.2, 0.25) is 0 Å². The van der Waals surface area contributed by atoms with Crippen LogP contribution in [0.2, 0.25) is 0 Å². The number of benzene rings is 2. The van der Waals surface area contributed by atoms with Crippen LogP contribution < -0.4 is 34.4 Å². The second kappa shape index (κ2) is 4.49. The highest BCUT2D eigenvalue weighted by atomic mass is 14.7. The minimum Gasteiger partial charge on any atom is -0.398 e. The van der Waals surface area contributed by atoms with Crippen LogP contribution in [-0.2, 0) is 6.42 Å². The SMILES string of the molecule is Nc1cc(N)c(Cc2cc(N)c(N)cc2N)cc1N. The summed E-state index contributed by atoms with van der Waals surface area (Å²) in [5.74, 6) is 0. The summed E-state index contributed by atoms with van der Waals surface area (Å²) in [4.78, 5) is 0. The highest BCUT2D eigenvalue weighted by Gasteiger charge is 2.09. The van der Waals surface area contributed by atoms with Gasteiger partial charge in [0, 0.05) is 17.8 Å². The zero-order chi connectivity index (χ0) is 14.2. The van der Waals surface area contributed by atoms with Gasteiger partial charge in [0.15, 0.2) is 0 Å². The van der Waals surface area contributed by atoms with E-state index in [1.54, 1.807) is 24.3 Å². The van der Waals surface area contributed by atoms with Crippen molar-refractivity contribution < 1.29 is 0 Å². The molecule has 0 unspecified atom stereocenters. The van der Waals surface area contributed by atoms with Crippen molar-refractivity contribution >= 4 is 34.1 Å². The molecule has 0 radical (unpaired) electrons. The fraction of sp³-hybridized carbons (Fsp3) is 0.0769. The van der Waals surface area contributed by atoms with E-state index in [9.17, 15) is 0 Å². The Morgan fingerprint density at radius 2 is 0.789 bits per heavy atom. The Labute approximate surface area is 111 Å². The van der Waals surface area contributed by atoms with E-state index in [1.807, 2.05) is 0 Å². The summed E-state index contributed by atoms with van der Waals surface area (Å²) in [6.45, 7) is 0. The van der Waals surface area contributed by atoms with Crippen molar-refractivity contribution in [1.29, 1.82) is 0 Å². The van der Waals surface area contributed by atoms with Crippen LogP contribution in [-0.4, -0.2) is 0 Å². The van der Waals surface area contributed by atoms with Gasteiger partial charge in [-0.25, -0.2) is 0 Å². The van der Waals surface area contributed by atoms with E-state index >= 15 is 0 Å². The average molecular weight is 258 g/mol. The zero-order valence-electron chi connectivity index (χ0n) is 10.5. The lowest BCUT2D eigenvalue weighted by Gasteiger charge is -2.12. The van der Waals surface area contributed by atoms with Gasteiger partial charge in [-0.05, 0) is 35.4 Å². The minimum absolute atomic E-state index is 0.464. The number of rotatable bonds is 2. The van der Waals surface area contributed by atoms with Gasteiger partial charge in [0.25, 0.3) is 0 Å². The molecule has 0 fully saturated rings. The first-order valence-electron chi connectivity index (χ1n) is 5.75. The lowest BCUT2D eigenvalue weighted by atomic mass is 9.99. The molecule has 12 N–H and O–H groups in total. The van der Waals surface area contributed by atoms with Crippen LogP contribution in [0.3, 0.4) is 0 Å². The van der Waals surface area contributed by atoms with Crippen LogP contribution in [0.25, 0.3) is 0 Å². The van der Waals surface area contributed by atoms with E-state index in [2.05, 4.69) is 0 Å². The fourth-order valence-corrected chi connectivity index (χ4v) is 1.91. The van der Waals surface area contributed by atoms with E-state index in [4.69, 9.17) is 34.4 Å². The lowest BCUT2D eigenvalue weighted by Crippen LogP contribution is -2.05. The van der Waals surface area contributed by atoms with Crippen LogP contribution in [0.1, 0.15) is 11.1 Å². The number of nitrogens with two attached hydrogens (primary N) is 6. The number of anilines is 6. The molecule has 6 heteroatoms. The quantitative estimate of drug-likeness (QED) is 0.437. The van der Waals surface area contributed by atoms with Gasteiger partial charge in [-0.15, -0.1) is 0 Å². The number of hydrogen-bond acceptors (Lipinski definition) is 6. The van der Waals surface area contributed by atoms with Crippen LogP contribution >= 0.6 is 0 Å². The van der Waals surface area contributed by atoms with Crippen molar-refractivity contribution in [1.82, 2.24) is 0 Å². The Bertz CT molecular complexity index is 580. The first kappa shape index (κ1) is 12.7. The van der Waals surface area contributed by atoms with E-state index in [-0.39, 0.29) is 0 Å². The summed E-state index contributed by atoms with van der Waals surface area (Å²) in [6, 6.07) is 6.77. The Kier molecular flexibility index (Phi) is 3.00. The molecule has 6 nitrogen and oxygen atoms in total. The molecule has 2 aromatic rings. The highest BCUT2D eigenvalue weighted by Crippen LogP contribution is 2.29. The maximum Gasteiger partial charge on any atom is 0.0568 e. The van der Waals surface area contributed by atoms with E-state index < -0.39 is 0 Å². The predicted octanol–water partition coefficient (Wildman–Crippen LogP) is 0.771. The Morgan fingerprint density at radius 3 is 1.16 bits per heavy atom. The second-order valence-electron chi connectivity index (χ2n) is 4.54. The van der Waals surface area contributed by atoms with Crippen molar-refractivity contribution in [3.63, 3.8) is 0 Å². The van der Waals surface area contributed by atoms with E-state index in [0.717, 1.165) is 11.1 Å². The van der Waals surface area contributed by atoms with Crippen LogP contribution in [0.15, 0.2) is 24.3 Å². The van der Waals surface area contributed by atoms with Crippen molar-refractivity contribution in [2.24, 2.45) is 0 Å². The normalized spacial score (nSPS) is 10.5. The predicted molar refractivity (Wildman–Crippen MR) is 82.2 cm³/mol. The summed E-state index contributed by atoms with van der Waals surface area (Å²) in [6.07, 6.45) is 0.520. The fourth-order valence-electron chi connectivity index (χ4n) is 1.91. The third kappa shape index (κ3) is 2.42. The molecule has 0 amide bonds. The van der Waals surface area contributed by atoms with Crippen molar-refractivity contribution in [3.8, 4) is 0 Å². The van der Waals surface area contributed by atoms with Crippen molar-refractivity contribution in [2.75, 3.05) is 34.4 Å². The molecule has 0 spiro atoms. The molecule has 0 aliphatic rings. The van der Waals surface area contributed by atoms with Gasteiger partial charge in [0.05, 0.1) is 22.7 Å². The molecule has 0 aliphatic carbocycles. The molecular weight excluding hydrogens is 240 g/mol. The Morgan fingerprint density at radius 1 is 0.474 bits per heavy atom. The summed E-state index contributed by atoms with van der Waals surface area (Å²) >= 11 is 0. The van der Waals surface area contributed by atoms with E-state index in [0.29, 0.717) is 40.5 Å². The van der Waals surface area contributed by atoms with Gasteiger partial charge in [-0.3, -0.25) is 0 Å². The maximum atomic E-state index is 5.92. The first-order chi connectivity index (χ1) is 8.88. The van der Waals surface area contributed by atoms with Crippen molar-refractivity contribution in [3.05, 3.63) is 35.4 Å². The molecule has 0 aliphatic heterocycles. The van der Waals surface area contributed by atoms with Gasteiger partial charge in [-0.2, -0.15) is 0 Å². The largest absolute Gasteiger partial charge is 0.398 e. The minimum atomic E-state index is 0.464. The standard InChI is InChI=1S/C13H18N6/c14-8-4-12(18)10(16)2-6(8)1-7-3-11(17)13(19)5-9(7)15/h2-5H,1,14-19H2. The van der Waals surface area contributed by atoms with Crippen LogP contribution in [0.5, 0.6) is 0 Å². The smallest absolute Gasteiger partial charge is 0.0568 e. The molecule has 0 heterocycles. The van der Waals surface area contributed by atoms with Crippen molar-refractivity contribution in [2.45, 2.75) is 6.42 Å². The molecule has 0 bridgehead atoms. The highest BCUT2D eigenvalue weighted by molar-refractivity contribution is 5.74. The summed E-state index contributed by atoms with van der Waals surface area (Å²) in [5, 5.41) is 0. The second-order valence-corrected chi connectivity index (χ2v) is 4.54. The van der Waals surface area contributed by atoms with Gasteiger partial charge in [0.1, 0.15) is 0 Å². The molecular formula is C13H18N6. The van der Waals surface area contributed by atoms with Gasteiger partial charge < -0.3 is 34.4 Å². The summed E-state index contributed by atoms with van der Waals surface area (Å²) < 4.78 is 0. The Balaban J connectivity index is 2.42. The number of nitrogen functional groups attached to an aromatic ring is 6. The summed E-state index contributed by atoms with van der Waals surface area (Å²) in [7, 11) is 0. The molecule has 2 aromatic carbocycles. The molecule has 0 aromatic heterocycles. The third-order valence-corrected chi connectivity index (χ3v) is 3.07. The zero-order valence-corrected chi connectivity index (χ0v) is 10.5. The monoisotopic (exact) mass is 258 g/mol. The number of hydrogen-bond donors (Lipinski definition) is 6. The maximum absolute atomic E-state index is 5.92. The summed E-state index contributed by atoms with van der Waals surface area (Å²) in [5.41, 5.74) is 39.5. The molecule has 0 saturated carbocycles. The van der Waals surface area contributed by atoms with Gasteiger partial charge >= 0.3 is 0 Å². The molecule has 19 heavy (non-hydrogen) atoms. The van der Waals surface area contributed by atoms with Gasteiger partial charge in [-0.1, -0.05) is 0 Å².